The Morgan fingerprint density at radius 3 is 2.43 bits per heavy atom. The highest BCUT2D eigenvalue weighted by atomic mass is 19.4. The van der Waals surface area contributed by atoms with Crippen molar-refractivity contribution >= 4 is 22.9 Å². The number of hydrogen-bond acceptors (Lipinski definition) is 4. The number of benzene rings is 4. The van der Waals surface area contributed by atoms with Crippen LogP contribution >= 0.6 is 0 Å². The second-order valence-corrected chi connectivity index (χ2v) is 7.65. The number of ether oxygens (including phenoxy) is 2. The summed E-state index contributed by atoms with van der Waals surface area (Å²) in [4.78, 5) is 12.0. The standard InChI is InChI=1S/C27H21F3N2O3/c28-27(29,30)23-9-3-6-20(13-23)17-34-24-10-4-5-19(14-24)16-31-32-26(33)18-35-25-12-11-21-7-1-2-8-22(21)15-25/h1-16H,17-18H2,(H,32,33)/b31-16+. The van der Waals surface area contributed by atoms with Crippen molar-refractivity contribution in [3.05, 3.63) is 108 Å². The predicted molar refractivity (Wildman–Crippen MR) is 127 cm³/mol. The van der Waals surface area contributed by atoms with Gasteiger partial charge in [-0.05, 0) is 58.3 Å². The molecule has 0 heterocycles. The van der Waals surface area contributed by atoms with E-state index < -0.39 is 17.6 Å². The topological polar surface area (TPSA) is 59.9 Å². The summed E-state index contributed by atoms with van der Waals surface area (Å²) >= 11 is 0. The van der Waals surface area contributed by atoms with Crippen molar-refractivity contribution in [1.82, 2.24) is 5.43 Å². The molecule has 8 heteroatoms. The summed E-state index contributed by atoms with van der Waals surface area (Å²) in [7, 11) is 0. The fourth-order valence-corrected chi connectivity index (χ4v) is 3.31. The summed E-state index contributed by atoms with van der Waals surface area (Å²) in [6.07, 6.45) is -2.97. The van der Waals surface area contributed by atoms with Crippen molar-refractivity contribution in [3.63, 3.8) is 0 Å². The maximum atomic E-state index is 12.9. The van der Waals surface area contributed by atoms with E-state index in [0.29, 0.717) is 22.6 Å². The fraction of sp³-hybridized carbons (Fsp3) is 0.111. The molecular weight excluding hydrogens is 457 g/mol. The van der Waals surface area contributed by atoms with Crippen LogP contribution in [0.3, 0.4) is 0 Å². The van der Waals surface area contributed by atoms with E-state index in [1.54, 1.807) is 36.4 Å². The van der Waals surface area contributed by atoms with Gasteiger partial charge in [0.15, 0.2) is 6.61 Å². The summed E-state index contributed by atoms with van der Waals surface area (Å²) in [5.41, 5.74) is 2.71. The highest BCUT2D eigenvalue weighted by molar-refractivity contribution is 5.85. The molecule has 5 nitrogen and oxygen atoms in total. The van der Waals surface area contributed by atoms with Gasteiger partial charge in [0.2, 0.25) is 0 Å². The van der Waals surface area contributed by atoms with Crippen molar-refractivity contribution < 1.29 is 27.4 Å². The van der Waals surface area contributed by atoms with Gasteiger partial charge in [0.1, 0.15) is 18.1 Å². The molecular formula is C27H21F3N2O3. The summed E-state index contributed by atoms with van der Waals surface area (Å²) in [5, 5.41) is 6.01. The summed E-state index contributed by atoms with van der Waals surface area (Å²) in [6.45, 7) is -0.219. The third-order valence-electron chi connectivity index (χ3n) is 5.01. The molecule has 0 aromatic heterocycles. The average molecular weight is 478 g/mol. The Hall–Kier alpha value is -4.33. The molecule has 0 saturated carbocycles. The van der Waals surface area contributed by atoms with Crippen molar-refractivity contribution in [1.29, 1.82) is 0 Å². The molecule has 35 heavy (non-hydrogen) atoms. The van der Waals surface area contributed by atoms with Gasteiger partial charge in [0.25, 0.3) is 5.91 Å². The molecule has 1 N–H and O–H groups in total. The molecule has 0 aliphatic heterocycles. The van der Waals surface area contributed by atoms with Crippen LogP contribution in [0, 0.1) is 0 Å². The van der Waals surface area contributed by atoms with Crippen LogP contribution in [0.2, 0.25) is 0 Å². The zero-order valence-corrected chi connectivity index (χ0v) is 18.5. The largest absolute Gasteiger partial charge is 0.489 e. The van der Waals surface area contributed by atoms with Crippen LogP contribution in [0.25, 0.3) is 10.8 Å². The number of fused-ring (bicyclic) bond motifs is 1. The Bertz CT molecular complexity index is 1350. The summed E-state index contributed by atoms with van der Waals surface area (Å²) < 4.78 is 49.7. The molecule has 4 aromatic rings. The smallest absolute Gasteiger partial charge is 0.416 e. The molecule has 0 atom stereocenters. The van der Waals surface area contributed by atoms with Crippen molar-refractivity contribution in [2.45, 2.75) is 12.8 Å². The van der Waals surface area contributed by atoms with Crippen LogP contribution in [0.5, 0.6) is 11.5 Å². The van der Waals surface area contributed by atoms with Gasteiger partial charge in [0, 0.05) is 0 Å². The molecule has 0 saturated heterocycles. The van der Waals surface area contributed by atoms with Gasteiger partial charge >= 0.3 is 6.18 Å². The monoisotopic (exact) mass is 478 g/mol. The van der Waals surface area contributed by atoms with E-state index in [1.807, 2.05) is 36.4 Å². The van der Waals surface area contributed by atoms with Crippen LogP contribution in [0.15, 0.2) is 96.1 Å². The van der Waals surface area contributed by atoms with Crippen LogP contribution in [0.1, 0.15) is 16.7 Å². The van der Waals surface area contributed by atoms with E-state index in [0.717, 1.165) is 22.9 Å². The summed E-state index contributed by atoms with van der Waals surface area (Å²) in [6, 6.07) is 25.2. The van der Waals surface area contributed by atoms with Gasteiger partial charge in [-0.15, -0.1) is 0 Å². The number of hydrogen-bond donors (Lipinski definition) is 1. The molecule has 0 unspecified atom stereocenters. The van der Waals surface area contributed by atoms with Crippen LogP contribution in [-0.2, 0) is 17.6 Å². The lowest BCUT2D eigenvalue weighted by atomic mass is 10.1. The van der Waals surface area contributed by atoms with E-state index >= 15 is 0 Å². The Balaban J connectivity index is 1.27. The quantitative estimate of drug-likeness (QED) is 0.251. The second kappa shape index (κ2) is 10.7. The fourth-order valence-electron chi connectivity index (χ4n) is 3.31. The first-order valence-electron chi connectivity index (χ1n) is 10.7. The van der Waals surface area contributed by atoms with Gasteiger partial charge in [0.05, 0.1) is 11.8 Å². The van der Waals surface area contributed by atoms with E-state index in [-0.39, 0.29) is 13.2 Å². The lowest BCUT2D eigenvalue weighted by Crippen LogP contribution is -2.24. The lowest BCUT2D eigenvalue weighted by Gasteiger charge is -2.10. The first-order valence-corrected chi connectivity index (χ1v) is 10.7. The highest BCUT2D eigenvalue weighted by Gasteiger charge is 2.30. The van der Waals surface area contributed by atoms with Gasteiger partial charge in [-0.2, -0.15) is 18.3 Å². The molecule has 0 aliphatic carbocycles. The number of nitrogens with one attached hydrogen (secondary N) is 1. The minimum absolute atomic E-state index is 0.0205. The first kappa shape index (κ1) is 23.8. The van der Waals surface area contributed by atoms with Gasteiger partial charge in [-0.1, -0.05) is 54.6 Å². The van der Waals surface area contributed by atoms with E-state index in [2.05, 4.69) is 10.5 Å². The zero-order valence-electron chi connectivity index (χ0n) is 18.5. The molecule has 1 amide bonds. The minimum Gasteiger partial charge on any atom is -0.489 e. The molecule has 0 radical (unpaired) electrons. The van der Waals surface area contributed by atoms with Gasteiger partial charge < -0.3 is 9.47 Å². The molecule has 4 rings (SSSR count). The lowest BCUT2D eigenvalue weighted by molar-refractivity contribution is -0.137. The number of hydrazone groups is 1. The van der Waals surface area contributed by atoms with Crippen molar-refractivity contribution in [3.8, 4) is 11.5 Å². The number of carbonyl (C=O) groups is 1. The minimum atomic E-state index is -4.41. The predicted octanol–water partition coefficient (Wildman–Crippen LogP) is 5.97. The number of nitrogens with zero attached hydrogens (tertiary/aromatic N) is 1. The van der Waals surface area contributed by atoms with Gasteiger partial charge in [-0.3, -0.25) is 4.79 Å². The number of alkyl halides is 3. The van der Waals surface area contributed by atoms with Crippen molar-refractivity contribution in [2.75, 3.05) is 6.61 Å². The number of amides is 1. The Kier molecular flexibility index (Phi) is 7.30. The summed E-state index contributed by atoms with van der Waals surface area (Å²) in [5.74, 6) is 0.608. The third kappa shape index (κ3) is 6.83. The van der Waals surface area contributed by atoms with Gasteiger partial charge in [-0.25, -0.2) is 5.43 Å². The Morgan fingerprint density at radius 1 is 0.829 bits per heavy atom. The van der Waals surface area contributed by atoms with E-state index in [4.69, 9.17) is 9.47 Å². The number of carbonyl (C=O) groups excluding carboxylic acids is 1. The number of halogens is 3. The first-order chi connectivity index (χ1) is 16.9. The van der Waals surface area contributed by atoms with E-state index in [1.165, 1.54) is 12.3 Å². The van der Waals surface area contributed by atoms with Crippen molar-refractivity contribution in [2.24, 2.45) is 5.10 Å². The highest BCUT2D eigenvalue weighted by Crippen LogP contribution is 2.29. The molecule has 0 fully saturated rings. The Labute approximate surface area is 199 Å². The normalized spacial score (nSPS) is 11.5. The molecule has 0 bridgehead atoms. The molecule has 0 aliphatic rings. The zero-order chi connectivity index (χ0) is 24.7. The average Bonchev–Trinajstić information content (AvgIpc) is 2.86. The maximum Gasteiger partial charge on any atom is 0.416 e. The molecule has 0 spiro atoms. The Morgan fingerprint density at radius 2 is 1.60 bits per heavy atom. The van der Waals surface area contributed by atoms with Crippen LogP contribution in [-0.4, -0.2) is 18.7 Å². The second-order valence-electron chi connectivity index (χ2n) is 7.65. The third-order valence-corrected chi connectivity index (χ3v) is 5.01. The molecule has 178 valence electrons. The van der Waals surface area contributed by atoms with E-state index in [9.17, 15) is 18.0 Å². The SMILES string of the molecule is O=C(COc1ccc2ccccc2c1)N/N=C/c1cccc(OCc2cccc(C(F)(F)F)c2)c1. The van der Waals surface area contributed by atoms with Crippen LogP contribution < -0.4 is 14.9 Å². The molecule has 4 aromatic carbocycles. The maximum absolute atomic E-state index is 12.9. The van der Waals surface area contributed by atoms with Crippen LogP contribution in [0.4, 0.5) is 13.2 Å². The number of rotatable bonds is 8.